The minimum Gasteiger partial charge on any atom is -0.378 e. The first-order valence-electron chi connectivity index (χ1n) is 7.58. The van der Waals surface area contributed by atoms with Crippen molar-refractivity contribution < 1.29 is 18.9 Å². The molecule has 1 atom stereocenters. The van der Waals surface area contributed by atoms with E-state index in [1.807, 2.05) is 37.3 Å². The van der Waals surface area contributed by atoms with E-state index in [0.29, 0.717) is 32.7 Å². The summed E-state index contributed by atoms with van der Waals surface area (Å²) in [7, 11) is 3.32. The van der Waals surface area contributed by atoms with Crippen LogP contribution in [-0.2, 0) is 25.6 Å². The van der Waals surface area contributed by atoms with E-state index < -0.39 is 11.4 Å². The predicted molar refractivity (Wildman–Crippen MR) is 85.6 cm³/mol. The predicted octanol–water partition coefficient (Wildman–Crippen LogP) is 3.32. The van der Waals surface area contributed by atoms with Crippen LogP contribution in [0.3, 0.4) is 0 Å². The Hall–Kier alpha value is -1.20. The summed E-state index contributed by atoms with van der Waals surface area (Å²) in [5.41, 5.74) is 1.42. The van der Waals surface area contributed by atoms with Crippen molar-refractivity contribution >= 4 is 0 Å². The summed E-state index contributed by atoms with van der Waals surface area (Å²) in [5.74, 6) is -0.820. The van der Waals surface area contributed by atoms with Gasteiger partial charge in [-0.05, 0) is 12.5 Å². The van der Waals surface area contributed by atoms with Crippen molar-refractivity contribution in [3.05, 3.63) is 48.0 Å². The Morgan fingerprint density at radius 2 is 1.91 bits per heavy atom. The van der Waals surface area contributed by atoms with Crippen LogP contribution in [0.2, 0.25) is 0 Å². The van der Waals surface area contributed by atoms with Crippen LogP contribution in [0.25, 0.3) is 0 Å². The van der Waals surface area contributed by atoms with E-state index in [9.17, 15) is 0 Å². The quantitative estimate of drug-likeness (QED) is 0.572. The monoisotopic (exact) mass is 306 g/mol. The highest BCUT2D eigenvalue weighted by atomic mass is 16.7. The van der Waals surface area contributed by atoms with E-state index in [1.54, 1.807) is 14.2 Å². The molecule has 122 valence electrons. The molecule has 0 bridgehead atoms. The van der Waals surface area contributed by atoms with E-state index >= 15 is 0 Å². The molecule has 0 N–H and O–H groups in total. The second kappa shape index (κ2) is 7.38. The second-order valence-corrected chi connectivity index (χ2v) is 5.87. The summed E-state index contributed by atoms with van der Waals surface area (Å²) in [5, 5.41) is 0. The number of ether oxygens (including phenoxy) is 4. The normalized spacial score (nSPS) is 24.1. The Morgan fingerprint density at radius 1 is 1.23 bits per heavy atom. The van der Waals surface area contributed by atoms with Crippen LogP contribution in [0.15, 0.2) is 42.5 Å². The maximum atomic E-state index is 6.33. The molecule has 0 radical (unpaired) electrons. The molecule has 1 fully saturated rings. The van der Waals surface area contributed by atoms with E-state index in [1.165, 1.54) is 0 Å². The third kappa shape index (κ3) is 3.41. The second-order valence-electron chi connectivity index (χ2n) is 5.87. The van der Waals surface area contributed by atoms with Gasteiger partial charge in [0.1, 0.15) is 5.60 Å². The third-order valence-electron chi connectivity index (χ3n) is 4.21. The minimum absolute atomic E-state index is 0.425. The lowest BCUT2D eigenvalue weighted by atomic mass is 9.83. The van der Waals surface area contributed by atoms with Crippen LogP contribution in [0.5, 0.6) is 0 Å². The van der Waals surface area contributed by atoms with Gasteiger partial charge in [-0.1, -0.05) is 35.9 Å². The number of methoxy groups -OCH3 is 2. The van der Waals surface area contributed by atoms with Crippen LogP contribution >= 0.6 is 0 Å². The first-order chi connectivity index (χ1) is 10.6. The van der Waals surface area contributed by atoms with Crippen LogP contribution < -0.4 is 0 Å². The fourth-order valence-corrected chi connectivity index (χ4v) is 3.11. The first kappa shape index (κ1) is 17.2. The maximum Gasteiger partial charge on any atom is 0.201 e. The Bertz CT molecular complexity index is 481. The summed E-state index contributed by atoms with van der Waals surface area (Å²) in [6.45, 7) is 7.52. The van der Waals surface area contributed by atoms with Gasteiger partial charge in [0, 0.05) is 27.1 Å². The standard InChI is InChI=1S/C18H26O4/c1-15(2)12-17(22-13-16-8-6-5-7-9-16)14-21-11-10-18(17,19-3)20-4/h5-9H,1,10-14H2,2-4H3. The Morgan fingerprint density at radius 3 is 2.50 bits per heavy atom. The summed E-state index contributed by atoms with van der Waals surface area (Å²) in [4.78, 5) is 0. The lowest BCUT2D eigenvalue weighted by Gasteiger charge is -2.50. The van der Waals surface area contributed by atoms with Gasteiger partial charge in [-0.2, -0.15) is 0 Å². The van der Waals surface area contributed by atoms with Gasteiger partial charge in [-0.3, -0.25) is 0 Å². The zero-order chi connectivity index (χ0) is 16.1. The highest BCUT2D eigenvalue weighted by Gasteiger charge is 2.56. The molecule has 4 heteroatoms. The molecule has 22 heavy (non-hydrogen) atoms. The molecule has 1 aromatic rings. The smallest absolute Gasteiger partial charge is 0.201 e. The molecular weight excluding hydrogens is 280 g/mol. The molecule has 1 aliphatic rings. The highest BCUT2D eigenvalue weighted by molar-refractivity contribution is 5.15. The Kier molecular flexibility index (Phi) is 5.75. The van der Waals surface area contributed by atoms with Crippen molar-refractivity contribution in [1.82, 2.24) is 0 Å². The molecule has 1 heterocycles. The van der Waals surface area contributed by atoms with Crippen molar-refractivity contribution in [3.8, 4) is 0 Å². The summed E-state index contributed by atoms with van der Waals surface area (Å²) < 4.78 is 23.6. The largest absolute Gasteiger partial charge is 0.378 e. The van der Waals surface area contributed by atoms with Crippen molar-refractivity contribution in [2.75, 3.05) is 27.4 Å². The lowest BCUT2D eigenvalue weighted by Crippen LogP contribution is -2.64. The fraction of sp³-hybridized carbons (Fsp3) is 0.556. The molecule has 0 aromatic heterocycles. The zero-order valence-electron chi connectivity index (χ0n) is 13.8. The summed E-state index contributed by atoms with van der Waals surface area (Å²) >= 11 is 0. The first-order valence-corrected chi connectivity index (χ1v) is 7.58. The van der Waals surface area contributed by atoms with Gasteiger partial charge in [0.2, 0.25) is 5.79 Å². The minimum atomic E-state index is -0.820. The molecule has 0 aliphatic carbocycles. The average molecular weight is 306 g/mol. The van der Waals surface area contributed by atoms with Gasteiger partial charge < -0.3 is 18.9 Å². The molecule has 0 saturated carbocycles. The van der Waals surface area contributed by atoms with E-state index in [0.717, 1.165) is 11.1 Å². The van der Waals surface area contributed by atoms with Gasteiger partial charge in [-0.25, -0.2) is 0 Å². The molecule has 1 unspecified atom stereocenters. The van der Waals surface area contributed by atoms with E-state index in [2.05, 4.69) is 6.58 Å². The fourth-order valence-electron chi connectivity index (χ4n) is 3.11. The maximum absolute atomic E-state index is 6.33. The summed E-state index contributed by atoms with van der Waals surface area (Å²) in [6.07, 6.45) is 1.25. The summed E-state index contributed by atoms with van der Waals surface area (Å²) in [6, 6.07) is 10.1. The van der Waals surface area contributed by atoms with Crippen LogP contribution in [0.1, 0.15) is 25.3 Å². The molecule has 1 saturated heterocycles. The molecule has 0 amide bonds. The SMILES string of the molecule is C=C(C)CC1(OCc2ccccc2)COCCC1(OC)OC. The van der Waals surface area contributed by atoms with Crippen molar-refractivity contribution in [1.29, 1.82) is 0 Å². The van der Waals surface area contributed by atoms with Gasteiger partial charge >= 0.3 is 0 Å². The van der Waals surface area contributed by atoms with Gasteiger partial charge in [-0.15, -0.1) is 6.58 Å². The Labute approximate surface area is 133 Å². The Balaban J connectivity index is 2.27. The number of hydrogen-bond donors (Lipinski definition) is 0. The van der Waals surface area contributed by atoms with Crippen LogP contribution in [0.4, 0.5) is 0 Å². The van der Waals surface area contributed by atoms with Crippen molar-refractivity contribution in [3.63, 3.8) is 0 Å². The zero-order valence-corrected chi connectivity index (χ0v) is 13.8. The number of benzene rings is 1. The van der Waals surface area contributed by atoms with Crippen molar-refractivity contribution in [2.24, 2.45) is 0 Å². The lowest BCUT2D eigenvalue weighted by molar-refractivity contribution is -0.350. The number of rotatable bonds is 7. The van der Waals surface area contributed by atoms with Gasteiger partial charge in [0.25, 0.3) is 0 Å². The van der Waals surface area contributed by atoms with Gasteiger partial charge in [0.05, 0.1) is 19.8 Å². The molecule has 1 aliphatic heterocycles. The molecule has 0 spiro atoms. The average Bonchev–Trinajstić information content (AvgIpc) is 2.54. The highest BCUT2D eigenvalue weighted by Crippen LogP contribution is 2.42. The van der Waals surface area contributed by atoms with E-state index in [4.69, 9.17) is 18.9 Å². The third-order valence-corrected chi connectivity index (χ3v) is 4.21. The van der Waals surface area contributed by atoms with Crippen molar-refractivity contribution in [2.45, 2.75) is 37.8 Å². The molecule has 4 nitrogen and oxygen atoms in total. The molecule has 1 aromatic carbocycles. The number of hydrogen-bond acceptors (Lipinski definition) is 4. The van der Waals surface area contributed by atoms with Crippen LogP contribution in [0, 0.1) is 0 Å². The molecular formula is C18H26O4. The topological polar surface area (TPSA) is 36.9 Å². The molecule has 2 rings (SSSR count). The van der Waals surface area contributed by atoms with E-state index in [-0.39, 0.29) is 0 Å². The van der Waals surface area contributed by atoms with Crippen LogP contribution in [-0.4, -0.2) is 38.8 Å². The van der Waals surface area contributed by atoms with Gasteiger partial charge in [0.15, 0.2) is 0 Å².